The van der Waals surface area contributed by atoms with Crippen molar-refractivity contribution in [2.75, 3.05) is 18.4 Å². The first-order chi connectivity index (χ1) is 16.0. The fourth-order valence-electron chi connectivity index (χ4n) is 4.56. The lowest BCUT2D eigenvalue weighted by Gasteiger charge is -2.22. The van der Waals surface area contributed by atoms with E-state index >= 15 is 0 Å². The van der Waals surface area contributed by atoms with Gasteiger partial charge in [-0.05, 0) is 68.5 Å². The maximum Gasteiger partial charge on any atom is 0.137 e. The van der Waals surface area contributed by atoms with Crippen LogP contribution in [0.1, 0.15) is 50.0 Å². The van der Waals surface area contributed by atoms with Crippen molar-refractivity contribution in [1.29, 1.82) is 0 Å². The topological polar surface area (TPSA) is 67.0 Å². The predicted octanol–water partition coefficient (Wildman–Crippen LogP) is 7.11. The molecule has 5 nitrogen and oxygen atoms in total. The van der Waals surface area contributed by atoms with E-state index in [1.807, 2.05) is 38.1 Å². The van der Waals surface area contributed by atoms with E-state index in [4.69, 9.17) is 9.30 Å². The summed E-state index contributed by atoms with van der Waals surface area (Å²) in [6, 6.07) is 16.6. The molecule has 2 aliphatic rings. The molecule has 1 aliphatic carbocycles. The van der Waals surface area contributed by atoms with Gasteiger partial charge in [0.2, 0.25) is 0 Å². The van der Waals surface area contributed by atoms with Crippen molar-refractivity contribution in [3.05, 3.63) is 70.6 Å². The molecule has 5 heteroatoms. The molecule has 172 valence electrons. The second-order valence-corrected chi connectivity index (χ2v) is 8.37. The van der Waals surface area contributed by atoms with Crippen molar-refractivity contribution in [2.24, 2.45) is 4.99 Å². The molecular formula is C28H32N2O3. The first-order valence-corrected chi connectivity index (χ1v) is 11.7. The van der Waals surface area contributed by atoms with Crippen LogP contribution in [0, 0.1) is 13.8 Å². The summed E-state index contributed by atoms with van der Waals surface area (Å²) in [4.78, 5) is 9.52. The molecule has 0 bridgehead atoms. The van der Waals surface area contributed by atoms with E-state index in [9.17, 15) is 5.26 Å². The molecular weight excluding hydrogens is 412 g/mol. The van der Waals surface area contributed by atoms with Crippen LogP contribution in [-0.2, 0) is 4.89 Å². The number of hydrogen-bond donors (Lipinski definition) is 2. The largest absolute Gasteiger partial charge is 0.456 e. The zero-order valence-electron chi connectivity index (χ0n) is 20.0. The second kappa shape index (κ2) is 9.77. The van der Waals surface area contributed by atoms with Crippen molar-refractivity contribution >= 4 is 16.7 Å². The molecule has 4 rings (SSSR count). The lowest BCUT2D eigenvalue weighted by molar-refractivity contribution is -0.282. The molecule has 1 unspecified atom stereocenters. The van der Waals surface area contributed by atoms with Gasteiger partial charge in [-0.3, -0.25) is 10.2 Å². The van der Waals surface area contributed by atoms with Crippen molar-refractivity contribution < 1.29 is 14.6 Å². The molecule has 0 fully saturated rings. The third-order valence-electron chi connectivity index (χ3n) is 6.15. The SMILES string of the molecule is CC/N=c1\cc2oc3cc(NCC)c(C)cc3c(-c3ccccc3C(CC)OO)c-2cc1C. The lowest BCUT2D eigenvalue weighted by Crippen LogP contribution is -2.09. The van der Waals surface area contributed by atoms with Crippen LogP contribution in [0.15, 0.2) is 57.9 Å². The zero-order chi connectivity index (χ0) is 23.5. The Bertz CT molecular complexity index is 1320. The summed E-state index contributed by atoms with van der Waals surface area (Å²) in [5, 5.41) is 15.0. The van der Waals surface area contributed by atoms with Gasteiger partial charge in [0, 0.05) is 47.4 Å². The Morgan fingerprint density at radius 2 is 1.79 bits per heavy atom. The van der Waals surface area contributed by atoms with Crippen molar-refractivity contribution in [3.8, 4) is 22.5 Å². The third kappa shape index (κ3) is 4.26. The predicted molar refractivity (Wildman–Crippen MR) is 135 cm³/mol. The average molecular weight is 445 g/mol. The van der Waals surface area contributed by atoms with Crippen LogP contribution in [0.25, 0.3) is 33.4 Å². The molecule has 1 atom stereocenters. The molecule has 0 aromatic heterocycles. The number of aryl methyl sites for hydroxylation is 2. The zero-order valence-corrected chi connectivity index (χ0v) is 20.0. The van der Waals surface area contributed by atoms with Crippen molar-refractivity contribution in [2.45, 2.75) is 47.1 Å². The van der Waals surface area contributed by atoms with Gasteiger partial charge in [-0.25, -0.2) is 4.89 Å². The highest BCUT2D eigenvalue weighted by Crippen LogP contribution is 2.44. The maximum absolute atomic E-state index is 9.62. The van der Waals surface area contributed by atoms with E-state index in [0.29, 0.717) is 13.0 Å². The Morgan fingerprint density at radius 1 is 1.00 bits per heavy atom. The van der Waals surface area contributed by atoms with Crippen LogP contribution < -0.4 is 10.7 Å². The summed E-state index contributed by atoms with van der Waals surface area (Å²) < 4.78 is 6.46. The van der Waals surface area contributed by atoms with Gasteiger partial charge in [0.25, 0.3) is 0 Å². The maximum atomic E-state index is 9.62. The molecule has 1 heterocycles. The van der Waals surface area contributed by atoms with Gasteiger partial charge < -0.3 is 9.73 Å². The van der Waals surface area contributed by atoms with E-state index < -0.39 is 6.10 Å². The van der Waals surface area contributed by atoms with Gasteiger partial charge in [-0.15, -0.1) is 0 Å². The number of anilines is 1. The Hall–Kier alpha value is -3.15. The normalized spacial score (nSPS) is 13.1. The number of fused-ring (bicyclic) bond motifs is 2. The molecule has 0 radical (unpaired) electrons. The summed E-state index contributed by atoms with van der Waals surface area (Å²) >= 11 is 0. The van der Waals surface area contributed by atoms with E-state index in [1.54, 1.807) is 0 Å². The van der Waals surface area contributed by atoms with Crippen LogP contribution >= 0.6 is 0 Å². The highest BCUT2D eigenvalue weighted by Gasteiger charge is 2.23. The molecule has 33 heavy (non-hydrogen) atoms. The average Bonchev–Trinajstić information content (AvgIpc) is 2.81. The van der Waals surface area contributed by atoms with E-state index in [-0.39, 0.29) is 0 Å². The summed E-state index contributed by atoms with van der Waals surface area (Å²) in [5.41, 5.74) is 8.19. The summed E-state index contributed by atoms with van der Waals surface area (Å²) in [6.45, 7) is 11.9. The number of rotatable bonds is 7. The van der Waals surface area contributed by atoms with Crippen LogP contribution in [0.3, 0.4) is 0 Å². The Kier molecular flexibility index (Phi) is 6.82. The molecule has 2 N–H and O–H groups in total. The Morgan fingerprint density at radius 3 is 2.48 bits per heavy atom. The van der Waals surface area contributed by atoms with Gasteiger partial charge in [-0.2, -0.15) is 0 Å². The van der Waals surface area contributed by atoms with Gasteiger partial charge in [0.1, 0.15) is 17.4 Å². The molecule has 2 aromatic carbocycles. The van der Waals surface area contributed by atoms with E-state index in [0.717, 1.165) is 67.7 Å². The molecule has 0 saturated heterocycles. The fraction of sp³-hybridized carbons (Fsp3) is 0.321. The highest BCUT2D eigenvalue weighted by atomic mass is 17.1. The minimum Gasteiger partial charge on any atom is -0.456 e. The molecule has 2 aromatic rings. The minimum atomic E-state index is -0.416. The molecule has 1 aliphatic heterocycles. The number of hydrogen-bond acceptors (Lipinski definition) is 5. The van der Waals surface area contributed by atoms with Crippen LogP contribution in [0.4, 0.5) is 5.69 Å². The number of nitrogens with one attached hydrogen (secondary N) is 1. The van der Waals surface area contributed by atoms with Crippen LogP contribution in [-0.4, -0.2) is 18.3 Å². The van der Waals surface area contributed by atoms with E-state index in [2.05, 4.69) is 55.3 Å². The first-order valence-electron chi connectivity index (χ1n) is 11.7. The Labute approximate surface area is 195 Å². The summed E-state index contributed by atoms with van der Waals surface area (Å²) in [5.74, 6) is 0.786. The standard InChI is InChI=1S/C28H32N2O3/c1-6-25(33-31)19-11-9-10-12-20(19)28-21-13-17(4)23(29-7-2)15-26(21)32-27-16-24(30-8-3)18(5)14-22(27)28/h9-16,25,29,31H,6-8H2,1-5H3/b30-24+. The van der Waals surface area contributed by atoms with E-state index in [1.165, 1.54) is 0 Å². The Balaban J connectivity index is 2.17. The first kappa shape index (κ1) is 23.0. The van der Waals surface area contributed by atoms with Gasteiger partial charge >= 0.3 is 0 Å². The minimum absolute atomic E-state index is 0.416. The van der Waals surface area contributed by atoms with Crippen molar-refractivity contribution in [1.82, 2.24) is 0 Å². The highest BCUT2D eigenvalue weighted by molar-refractivity contribution is 6.04. The monoisotopic (exact) mass is 444 g/mol. The fourth-order valence-corrected chi connectivity index (χ4v) is 4.56. The summed E-state index contributed by atoms with van der Waals surface area (Å²) in [7, 11) is 0. The number of benzene rings is 3. The van der Waals surface area contributed by atoms with Gasteiger partial charge in [-0.1, -0.05) is 31.2 Å². The molecule has 0 amide bonds. The number of nitrogens with zero attached hydrogens (tertiary/aromatic N) is 1. The van der Waals surface area contributed by atoms with Gasteiger partial charge in [0.05, 0.1) is 5.36 Å². The third-order valence-corrected chi connectivity index (χ3v) is 6.15. The smallest absolute Gasteiger partial charge is 0.137 e. The van der Waals surface area contributed by atoms with Crippen LogP contribution in [0.5, 0.6) is 0 Å². The second-order valence-electron chi connectivity index (χ2n) is 8.37. The quantitative estimate of drug-likeness (QED) is 0.181. The van der Waals surface area contributed by atoms with Crippen LogP contribution in [0.2, 0.25) is 0 Å². The lowest BCUT2D eigenvalue weighted by atomic mass is 9.87. The van der Waals surface area contributed by atoms with Crippen molar-refractivity contribution in [3.63, 3.8) is 0 Å². The molecule has 0 saturated carbocycles. The molecule has 0 spiro atoms. The summed E-state index contributed by atoms with van der Waals surface area (Å²) in [6.07, 6.45) is 0.240. The van der Waals surface area contributed by atoms with Gasteiger partial charge in [0.15, 0.2) is 0 Å².